The van der Waals surface area contributed by atoms with Crippen LogP contribution in [0.2, 0.25) is 0 Å². The normalized spacial score (nSPS) is 12.9. The highest BCUT2D eigenvalue weighted by atomic mass is 19.3. The Hall–Kier alpha value is -1.16. The van der Waals surface area contributed by atoms with Gasteiger partial charge in [-0.2, -0.15) is 0 Å². The average Bonchev–Trinajstić information content (AvgIpc) is 2.15. The lowest BCUT2D eigenvalue weighted by Crippen LogP contribution is -2.09. The van der Waals surface area contributed by atoms with E-state index in [9.17, 15) is 13.9 Å². The van der Waals surface area contributed by atoms with Crippen LogP contribution >= 0.6 is 0 Å². The van der Waals surface area contributed by atoms with Crippen molar-refractivity contribution in [1.29, 1.82) is 0 Å². The molecule has 0 spiro atoms. The van der Waals surface area contributed by atoms with E-state index in [0.29, 0.717) is 11.3 Å². The van der Waals surface area contributed by atoms with Crippen LogP contribution in [0.4, 0.5) is 8.78 Å². The predicted octanol–water partition coefficient (Wildman–Crippen LogP) is 2.38. The van der Waals surface area contributed by atoms with Crippen LogP contribution in [0.3, 0.4) is 0 Å². The second-order valence-corrected chi connectivity index (χ2v) is 2.92. The van der Waals surface area contributed by atoms with Crippen LogP contribution in [-0.2, 0) is 0 Å². The number of halogens is 2. The lowest BCUT2D eigenvalue weighted by molar-refractivity contribution is 0.0794. The summed E-state index contributed by atoms with van der Waals surface area (Å²) in [6.45, 7) is 0.911. The van der Waals surface area contributed by atoms with Crippen molar-refractivity contribution in [1.82, 2.24) is 0 Å². The molecule has 0 saturated carbocycles. The molecule has 1 aromatic carbocycles. The van der Waals surface area contributed by atoms with Crippen molar-refractivity contribution >= 4 is 0 Å². The fourth-order valence-corrected chi connectivity index (χ4v) is 1.11. The van der Waals surface area contributed by atoms with E-state index in [1.54, 1.807) is 31.2 Å². The van der Waals surface area contributed by atoms with Gasteiger partial charge in [-0.05, 0) is 13.0 Å². The highest BCUT2D eigenvalue weighted by Crippen LogP contribution is 2.24. The van der Waals surface area contributed by atoms with Gasteiger partial charge in [0.05, 0.1) is 6.10 Å². The first kappa shape index (κ1) is 10.9. The van der Waals surface area contributed by atoms with Crippen LogP contribution in [0.1, 0.15) is 18.6 Å². The molecule has 0 bridgehead atoms. The van der Waals surface area contributed by atoms with Gasteiger partial charge in [-0.3, -0.25) is 0 Å². The quantitative estimate of drug-likeness (QED) is 0.812. The molecular formula is C10H12F2O2. The number of aliphatic hydroxyl groups excluding tert-OH is 1. The van der Waals surface area contributed by atoms with Crippen LogP contribution in [0.15, 0.2) is 24.3 Å². The molecule has 1 N–H and O–H groups in total. The largest absolute Gasteiger partial charge is 0.487 e. The Kier molecular flexibility index (Phi) is 3.83. The molecule has 4 heteroatoms. The fraction of sp³-hybridized carbons (Fsp3) is 0.400. The molecule has 14 heavy (non-hydrogen) atoms. The molecule has 78 valence electrons. The maximum absolute atomic E-state index is 11.9. The molecule has 1 atom stereocenters. The van der Waals surface area contributed by atoms with Crippen molar-refractivity contribution in [3.8, 4) is 5.75 Å². The Morgan fingerprint density at radius 2 is 2.00 bits per heavy atom. The number of para-hydroxylation sites is 1. The molecule has 1 aromatic rings. The molecule has 0 aliphatic carbocycles. The summed E-state index contributed by atoms with van der Waals surface area (Å²) in [4.78, 5) is 0. The monoisotopic (exact) mass is 202 g/mol. The molecule has 0 radical (unpaired) electrons. The van der Waals surface area contributed by atoms with Gasteiger partial charge < -0.3 is 9.84 Å². The van der Waals surface area contributed by atoms with Crippen LogP contribution in [0.5, 0.6) is 5.75 Å². The van der Waals surface area contributed by atoms with E-state index >= 15 is 0 Å². The van der Waals surface area contributed by atoms with Gasteiger partial charge in [-0.25, -0.2) is 8.78 Å². The van der Waals surface area contributed by atoms with E-state index < -0.39 is 19.1 Å². The van der Waals surface area contributed by atoms with Gasteiger partial charge in [0.1, 0.15) is 12.4 Å². The summed E-state index contributed by atoms with van der Waals surface area (Å²) in [7, 11) is 0. The van der Waals surface area contributed by atoms with E-state index in [4.69, 9.17) is 4.74 Å². The average molecular weight is 202 g/mol. The minimum Gasteiger partial charge on any atom is -0.487 e. The number of alkyl halides is 2. The van der Waals surface area contributed by atoms with Crippen molar-refractivity contribution in [2.45, 2.75) is 19.5 Å². The third kappa shape index (κ3) is 2.96. The van der Waals surface area contributed by atoms with Gasteiger partial charge in [0.25, 0.3) is 6.43 Å². The summed E-state index contributed by atoms with van der Waals surface area (Å²) >= 11 is 0. The van der Waals surface area contributed by atoms with E-state index in [1.807, 2.05) is 0 Å². The van der Waals surface area contributed by atoms with Crippen LogP contribution in [-0.4, -0.2) is 18.1 Å². The van der Waals surface area contributed by atoms with Gasteiger partial charge in [0, 0.05) is 5.56 Å². The van der Waals surface area contributed by atoms with Crippen molar-refractivity contribution in [3.05, 3.63) is 29.8 Å². The van der Waals surface area contributed by atoms with Crippen molar-refractivity contribution < 1.29 is 18.6 Å². The van der Waals surface area contributed by atoms with Crippen LogP contribution < -0.4 is 4.74 Å². The summed E-state index contributed by atoms with van der Waals surface area (Å²) in [5.41, 5.74) is 0.521. The molecule has 0 saturated heterocycles. The Morgan fingerprint density at radius 1 is 1.36 bits per heavy atom. The zero-order valence-electron chi connectivity index (χ0n) is 7.78. The van der Waals surface area contributed by atoms with E-state index in [-0.39, 0.29) is 0 Å². The first-order valence-corrected chi connectivity index (χ1v) is 4.29. The van der Waals surface area contributed by atoms with Crippen LogP contribution in [0.25, 0.3) is 0 Å². The summed E-state index contributed by atoms with van der Waals surface area (Å²) in [6, 6.07) is 6.60. The zero-order chi connectivity index (χ0) is 10.6. The Labute approximate surface area is 81.1 Å². The lowest BCUT2D eigenvalue weighted by atomic mass is 10.1. The van der Waals surface area contributed by atoms with Crippen molar-refractivity contribution in [3.63, 3.8) is 0 Å². The number of benzene rings is 1. The van der Waals surface area contributed by atoms with Gasteiger partial charge in [0.15, 0.2) is 0 Å². The minimum atomic E-state index is -2.50. The Bertz CT molecular complexity index is 287. The molecular weight excluding hydrogens is 190 g/mol. The lowest BCUT2D eigenvalue weighted by Gasteiger charge is -2.12. The molecule has 0 heterocycles. The number of aliphatic hydroxyl groups is 1. The van der Waals surface area contributed by atoms with E-state index in [2.05, 4.69) is 0 Å². The van der Waals surface area contributed by atoms with E-state index in [0.717, 1.165) is 0 Å². The number of hydrogen-bond acceptors (Lipinski definition) is 2. The smallest absolute Gasteiger partial charge is 0.272 e. The molecule has 0 amide bonds. The molecule has 0 unspecified atom stereocenters. The minimum absolute atomic E-state index is 0.308. The molecule has 2 nitrogen and oxygen atoms in total. The second-order valence-electron chi connectivity index (χ2n) is 2.92. The van der Waals surface area contributed by atoms with Gasteiger partial charge >= 0.3 is 0 Å². The topological polar surface area (TPSA) is 29.5 Å². The van der Waals surface area contributed by atoms with Gasteiger partial charge in [-0.15, -0.1) is 0 Å². The molecule has 1 rings (SSSR count). The number of hydrogen-bond donors (Lipinski definition) is 1. The third-order valence-electron chi connectivity index (χ3n) is 1.73. The van der Waals surface area contributed by atoms with Crippen molar-refractivity contribution in [2.75, 3.05) is 6.61 Å². The molecule has 0 aliphatic rings. The highest BCUT2D eigenvalue weighted by molar-refractivity contribution is 5.34. The molecule has 0 fully saturated rings. The summed E-state index contributed by atoms with van der Waals surface area (Å²) in [6.07, 6.45) is -3.22. The maximum Gasteiger partial charge on any atom is 0.272 e. The SMILES string of the molecule is C[C@@H](O)c1ccccc1OCC(F)F. The standard InChI is InChI=1S/C10H12F2O2/c1-7(13)8-4-2-3-5-9(8)14-6-10(11)12/h2-5,7,10,13H,6H2,1H3/t7-/m1/s1. The predicted molar refractivity (Wildman–Crippen MR) is 48.6 cm³/mol. The van der Waals surface area contributed by atoms with Crippen LogP contribution in [0, 0.1) is 0 Å². The second kappa shape index (κ2) is 4.91. The maximum atomic E-state index is 11.9. The molecule has 0 aromatic heterocycles. The third-order valence-corrected chi connectivity index (χ3v) is 1.73. The van der Waals surface area contributed by atoms with Gasteiger partial charge in [-0.1, -0.05) is 18.2 Å². The number of rotatable bonds is 4. The Balaban J connectivity index is 2.74. The highest BCUT2D eigenvalue weighted by Gasteiger charge is 2.10. The first-order valence-electron chi connectivity index (χ1n) is 4.29. The molecule has 0 aliphatic heterocycles. The summed E-state index contributed by atoms with van der Waals surface area (Å²) in [5, 5.41) is 9.30. The number of ether oxygens (including phenoxy) is 1. The Morgan fingerprint density at radius 3 is 2.57 bits per heavy atom. The zero-order valence-corrected chi connectivity index (χ0v) is 7.78. The van der Waals surface area contributed by atoms with E-state index in [1.165, 1.54) is 0 Å². The summed E-state index contributed by atoms with van der Waals surface area (Å²) in [5.74, 6) is 0.308. The summed E-state index contributed by atoms with van der Waals surface area (Å²) < 4.78 is 28.6. The first-order chi connectivity index (χ1) is 6.61. The van der Waals surface area contributed by atoms with Crippen molar-refractivity contribution in [2.24, 2.45) is 0 Å². The van der Waals surface area contributed by atoms with Gasteiger partial charge in [0.2, 0.25) is 0 Å². The fourth-order valence-electron chi connectivity index (χ4n) is 1.11.